The molecule has 2 heterocycles. The molecule has 1 aromatic carbocycles. The van der Waals surface area contributed by atoms with Crippen LogP contribution in [-0.4, -0.2) is 51.7 Å². The second-order valence-corrected chi connectivity index (χ2v) is 10.3. The van der Waals surface area contributed by atoms with Crippen molar-refractivity contribution >= 4 is 29.7 Å². The number of hydrogen-bond acceptors (Lipinski definition) is 12. The Morgan fingerprint density at radius 2 is 2.15 bits per heavy atom. The minimum absolute atomic E-state index is 0.0411. The van der Waals surface area contributed by atoms with Gasteiger partial charge in [0.15, 0.2) is 0 Å². The molecule has 1 aliphatic heterocycles. The van der Waals surface area contributed by atoms with Crippen LogP contribution in [0.5, 0.6) is 5.75 Å². The lowest BCUT2D eigenvalue weighted by molar-refractivity contribution is -0.188. The zero-order chi connectivity index (χ0) is 28.8. The summed E-state index contributed by atoms with van der Waals surface area (Å²) in [5.41, 5.74) is 9.68. The third-order valence-electron chi connectivity index (χ3n) is 5.27. The van der Waals surface area contributed by atoms with Gasteiger partial charge in [-0.3, -0.25) is 14.3 Å². The lowest BCUT2D eigenvalue weighted by atomic mass is 10.0. The number of nitrogens with one attached hydrogen (secondary N) is 2. The van der Waals surface area contributed by atoms with Crippen molar-refractivity contribution in [1.82, 2.24) is 15.0 Å². The fourth-order valence-corrected chi connectivity index (χ4v) is 5.29. The number of hydrogen-bond donors (Lipinski definition) is 3. The van der Waals surface area contributed by atoms with Crippen LogP contribution in [0.1, 0.15) is 19.6 Å². The number of para-hydroxylation sites is 1. The Labute approximate surface area is 228 Å². The Morgan fingerprint density at radius 1 is 1.46 bits per heavy atom. The molecule has 1 saturated heterocycles. The standard InChI is InChI=1S/C21H24BrN6O10P/c1-4-15(25-27-23)17-21(32,10-16(35-17)28-11-14(22)18(29)24-20(28)31)38-39(33,36-13-8-6-5-7-9-13)37-19(30)12(2)26-34-3/h4-9,11-12,15-17,26,32H,1,10H2,2-3H3,(H,24,29,31)/t12-,15?,16+,17+,21-,39?/m0/s1. The fraction of sp³-hybridized carbons (Fsp3) is 0.381. The molecule has 6 atom stereocenters. The summed E-state index contributed by atoms with van der Waals surface area (Å²) in [4.78, 5) is 46.3. The number of carbonyl (C=O) groups excluding carboxylic acids is 1. The van der Waals surface area contributed by atoms with Gasteiger partial charge in [-0.15, -0.1) is 6.58 Å². The molecule has 18 heteroatoms. The monoisotopic (exact) mass is 630 g/mol. The van der Waals surface area contributed by atoms with Crippen molar-refractivity contribution in [3.63, 3.8) is 0 Å². The summed E-state index contributed by atoms with van der Waals surface area (Å²) >= 11 is 3.00. The third kappa shape index (κ3) is 7.23. The number of halogens is 1. The molecule has 0 saturated carbocycles. The summed E-state index contributed by atoms with van der Waals surface area (Å²) in [6.07, 6.45) is -1.41. The average molecular weight is 631 g/mol. The quantitative estimate of drug-likeness (QED) is 0.0588. The lowest BCUT2D eigenvalue weighted by Crippen LogP contribution is -2.46. The van der Waals surface area contributed by atoms with E-state index in [1.165, 1.54) is 26.2 Å². The molecule has 16 nitrogen and oxygen atoms in total. The Bertz CT molecular complexity index is 1410. The van der Waals surface area contributed by atoms with E-state index >= 15 is 0 Å². The number of benzene rings is 1. The number of carbonyl (C=O) groups is 1. The first-order valence-electron chi connectivity index (χ1n) is 11.1. The largest absolute Gasteiger partial charge is 0.592 e. The Kier molecular flexibility index (Phi) is 9.88. The number of aliphatic hydroxyl groups is 1. The molecule has 1 fully saturated rings. The van der Waals surface area contributed by atoms with E-state index < -0.39 is 61.7 Å². The first-order chi connectivity index (χ1) is 18.4. The van der Waals surface area contributed by atoms with E-state index in [0.29, 0.717) is 0 Å². The lowest BCUT2D eigenvalue weighted by Gasteiger charge is -2.32. The van der Waals surface area contributed by atoms with Gasteiger partial charge < -0.3 is 23.7 Å². The molecule has 0 amide bonds. The smallest absolute Gasteiger partial charge is 0.395 e. The SMILES string of the molecule is C=CC(N=[N+]=[N-])[C@H]1O[C@@H](n2cc(Br)c(=O)[nH]c2=O)C[C@]1(O)OP(=O)(OC(=O)[C@H](C)NOC)Oc1ccccc1. The summed E-state index contributed by atoms with van der Waals surface area (Å²) in [7, 11) is -3.80. The van der Waals surface area contributed by atoms with Gasteiger partial charge >= 0.3 is 19.5 Å². The van der Waals surface area contributed by atoms with E-state index in [1.807, 2.05) is 0 Å². The fourth-order valence-electron chi connectivity index (χ4n) is 3.53. The van der Waals surface area contributed by atoms with Crippen LogP contribution in [0.2, 0.25) is 0 Å². The van der Waals surface area contributed by atoms with Crippen LogP contribution in [0.3, 0.4) is 0 Å². The Balaban J connectivity index is 2.06. The Morgan fingerprint density at radius 3 is 2.77 bits per heavy atom. The number of aromatic nitrogens is 2. The Hall–Kier alpha value is -3.27. The highest BCUT2D eigenvalue weighted by Gasteiger charge is 2.57. The maximum absolute atomic E-state index is 13.9. The highest BCUT2D eigenvalue weighted by molar-refractivity contribution is 9.10. The number of ether oxygens (including phenoxy) is 1. The van der Waals surface area contributed by atoms with E-state index in [-0.39, 0.29) is 10.2 Å². The maximum Gasteiger partial charge on any atom is 0.592 e. The second kappa shape index (κ2) is 12.7. The van der Waals surface area contributed by atoms with Crippen LogP contribution in [0.4, 0.5) is 0 Å². The summed E-state index contributed by atoms with van der Waals surface area (Å²) in [6.45, 7) is 4.88. The molecule has 2 aromatic rings. The topological polar surface area (TPSA) is 216 Å². The molecule has 1 aromatic heterocycles. The molecule has 39 heavy (non-hydrogen) atoms. The number of hydroxylamine groups is 1. The predicted molar refractivity (Wildman–Crippen MR) is 137 cm³/mol. The van der Waals surface area contributed by atoms with Crippen LogP contribution in [-0.2, 0) is 28.0 Å². The van der Waals surface area contributed by atoms with E-state index in [4.69, 9.17) is 23.8 Å². The third-order valence-corrected chi connectivity index (χ3v) is 7.21. The van der Waals surface area contributed by atoms with E-state index in [9.17, 15) is 24.1 Å². The van der Waals surface area contributed by atoms with E-state index in [0.717, 1.165) is 16.8 Å². The van der Waals surface area contributed by atoms with Gasteiger partial charge in [0.05, 0.1) is 24.0 Å². The minimum Gasteiger partial charge on any atom is -0.395 e. The van der Waals surface area contributed by atoms with Crippen LogP contribution in [0, 0.1) is 0 Å². The van der Waals surface area contributed by atoms with Crippen molar-refractivity contribution in [1.29, 1.82) is 0 Å². The normalized spacial score (nSPS) is 23.6. The number of nitrogens with zero attached hydrogens (tertiary/aromatic N) is 4. The molecule has 0 radical (unpaired) electrons. The van der Waals surface area contributed by atoms with Gasteiger partial charge in [0.2, 0.25) is 5.79 Å². The van der Waals surface area contributed by atoms with Crippen molar-refractivity contribution in [3.05, 3.63) is 84.9 Å². The van der Waals surface area contributed by atoms with Crippen molar-refractivity contribution in [2.45, 2.75) is 43.5 Å². The van der Waals surface area contributed by atoms with Crippen molar-refractivity contribution < 1.29 is 37.6 Å². The summed E-state index contributed by atoms with van der Waals surface area (Å²) < 4.78 is 36.5. The van der Waals surface area contributed by atoms with Gasteiger partial charge in [-0.2, -0.15) is 5.48 Å². The molecule has 2 unspecified atom stereocenters. The number of H-pyrrole nitrogens is 1. The van der Waals surface area contributed by atoms with Crippen molar-refractivity contribution in [2.24, 2.45) is 5.11 Å². The number of aromatic amines is 1. The molecule has 0 aliphatic carbocycles. The van der Waals surface area contributed by atoms with Gasteiger partial charge in [0.1, 0.15) is 24.1 Å². The summed E-state index contributed by atoms with van der Waals surface area (Å²) in [5, 5.41) is 15.1. The van der Waals surface area contributed by atoms with Crippen molar-refractivity contribution in [2.75, 3.05) is 7.11 Å². The molecule has 210 valence electrons. The van der Waals surface area contributed by atoms with Crippen LogP contribution in [0.15, 0.2) is 68.4 Å². The highest BCUT2D eigenvalue weighted by Crippen LogP contribution is 2.56. The number of phosphoric ester groups is 1. The maximum atomic E-state index is 13.9. The molecule has 1 aliphatic rings. The average Bonchev–Trinajstić information content (AvgIpc) is 3.21. The van der Waals surface area contributed by atoms with Gasteiger partial charge in [0.25, 0.3) is 5.56 Å². The van der Waals surface area contributed by atoms with Crippen LogP contribution in [0.25, 0.3) is 10.4 Å². The summed E-state index contributed by atoms with van der Waals surface area (Å²) in [6, 6.07) is 5.02. The molecular weight excluding hydrogens is 607 g/mol. The highest BCUT2D eigenvalue weighted by atomic mass is 79.9. The minimum atomic E-state index is -5.04. The number of phosphoric acid groups is 1. The first kappa shape index (κ1) is 30.3. The van der Waals surface area contributed by atoms with Gasteiger partial charge in [-0.25, -0.2) is 18.7 Å². The molecule has 0 bridgehead atoms. The second-order valence-electron chi connectivity index (χ2n) is 8.03. The van der Waals surface area contributed by atoms with Gasteiger partial charge in [-0.05, 0) is 40.5 Å². The van der Waals surface area contributed by atoms with Crippen LogP contribution >= 0.6 is 23.8 Å². The van der Waals surface area contributed by atoms with Crippen molar-refractivity contribution in [3.8, 4) is 5.75 Å². The first-order valence-corrected chi connectivity index (χ1v) is 13.3. The predicted octanol–water partition coefficient (Wildman–Crippen LogP) is 2.43. The van der Waals surface area contributed by atoms with Crippen LogP contribution < -0.4 is 21.3 Å². The number of rotatable bonds is 12. The number of azide groups is 1. The van der Waals surface area contributed by atoms with Gasteiger partial charge in [-0.1, -0.05) is 29.4 Å². The van der Waals surface area contributed by atoms with Gasteiger partial charge in [0, 0.05) is 11.1 Å². The zero-order valence-electron chi connectivity index (χ0n) is 20.5. The van der Waals surface area contributed by atoms with E-state index in [2.05, 4.69) is 47.8 Å². The molecule has 0 spiro atoms. The molecule has 3 rings (SSSR count). The molecular formula is C21H24BrN6O10P. The van der Waals surface area contributed by atoms with E-state index in [1.54, 1.807) is 18.2 Å². The molecule has 3 N–H and O–H groups in total. The zero-order valence-corrected chi connectivity index (χ0v) is 23.0. The summed E-state index contributed by atoms with van der Waals surface area (Å²) in [5.74, 6) is -3.85.